The fraction of sp³-hybridized carbons (Fsp3) is 0.179. The summed E-state index contributed by atoms with van der Waals surface area (Å²) >= 11 is 0. The van der Waals surface area contributed by atoms with Gasteiger partial charge in [0.2, 0.25) is 0 Å². The van der Waals surface area contributed by atoms with Crippen LogP contribution in [0.15, 0.2) is 90.4 Å². The molecule has 0 atom stereocenters. The molecule has 3 aromatic rings. The summed E-state index contributed by atoms with van der Waals surface area (Å²) in [6, 6.07) is 21.8. The highest BCUT2D eigenvalue weighted by molar-refractivity contribution is 7.97. The van der Waals surface area contributed by atoms with E-state index in [1.165, 1.54) is 10.4 Å². The number of nitrogens with zero attached hydrogens (tertiary/aromatic N) is 1. The summed E-state index contributed by atoms with van der Waals surface area (Å²) in [5.74, 6) is 0.539. The normalized spacial score (nSPS) is 14.1. The van der Waals surface area contributed by atoms with Crippen LogP contribution in [-0.4, -0.2) is 41.6 Å². The molecule has 7 nitrogen and oxygen atoms in total. The molecule has 1 aliphatic rings. The summed E-state index contributed by atoms with van der Waals surface area (Å²) in [4.78, 5) is 13.2. The number of amides is 1. The number of methoxy groups -OCH3 is 2. The minimum Gasteiger partial charge on any atom is -0.493 e. The monoisotopic (exact) mass is 504 g/mol. The molecule has 0 bridgehead atoms. The Balaban J connectivity index is 1.72. The first-order valence-electron chi connectivity index (χ1n) is 11.4. The predicted octanol–water partition coefficient (Wildman–Crippen LogP) is 4.16. The van der Waals surface area contributed by atoms with E-state index in [-0.39, 0.29) is 18.0 Å². The Hall–Kier alpha value is -4.04. The Bertz CT molecular complexity index is 1410. The smallest absolute Gasteiger partial charge is 0.270 e. The zero-order valence-corrected chi connectivity index (χ0v) is 21.0. The third-order valence-corrected chi connectivity index (χ3v) is 7.76. The van der Waals surface area contributed by atoms with E-state index in [0.717, 1.165) is 5.56 Å². The Morgan fingerprint density at radius 2 is 1.67 bits per heavy atom. The lowest BCUT2D eigenvalue weighted by Gasteiger charge is -2.32. The number of nitrogens with one attached hydrogen (secondary N) is 1. The molecular weight excluding hydrogens is 476 g/mol. The van der Waals surface area contributed by atoms with Crippen molar-refractivity contribution >= 4 is 27.2 Å². The van der Waals surface area contributed by atoms with Gasteiger partial charge in [0.1, 0.15) is 0 Å². The van der Waals surface area contributed by atoms with Crippen LogP contribution in [0.2, 0.25) is 0 Å². The van der Waals surface area contributed by atoms with Gasteiger partial charge >= 0.3 is 0 Å². The molecular formula is C28H28N2O5S. The van der Waals surface area contributed by atoms with Gasteiger partial charge in [-0.25, -0.2) is 8.42 Å². The molecule has 1 aliphatic heterocycles. The molecule has 1 heterocycles. The molecule has 4 rings (SSSR count). The second-order valence-electron chi connectivity index (χ2n) is 8.11. The van der Waals surface area contributed by atoms with E-state index in [9.17, 15) is 13.2 Å². The van der Waals surface area contributed by atoms with Crippen LogP contribution in [0.1, 0.15) is 16.7 Å². The van der Waals surface area contributed by atoms with Crippen molar-refractivity contribution in [1.82, 2.24) is 5.32 Å². The van der Waals surface area contributed by atoms with Gasteiger partial charge in [-0.2, -0.15) is 0 Å². The summed E-state index contributed by atoms with van der Waals surface area (Å²) in [5, 5.41) is 2.82. The van der Waals surface area contributed by atoms with Gasteiger partial charge in [0, 0.05) is 17.7 Å². The number of rotatable bonds is 9. The van der Waals surface area contributed by atoms with Crippen LogP contribution in [0.4, 0.5) is 5.69 Å². The number of fused-ring (bicyclic) bond motifs is 1. The molecule has 0 fully saturated rings. The molecule has 0 radical (unpaired) electrons. The highest BCUT2D eigenvalue weighted by atomic mass is 32.2. The molecule has 1 amide bonds. The number of hydrogen-bond donors (Lipinski definition) is 1. The summed E-state index contributed by atoms with van der Waals surface area (Å²) in [5.41, 5.74) is 3.13. The lowest BCUT2D eigenvalue weighted by atomic mass is 9.95. The maximum atomic E-state index is 13.8. The predicted molar refractivity (Wildman–Crippen MR) is 142 cm³/mol. The molecule has 0 aliphatic carbocycles. The van der Waals surface area contributed by atoms with Crippen molar-refractivity contribution in [2.75, 3.05) is 31.6 Å². The van der Waals surface area contributed by atoms with E-state index in [0.29, 0.717) is 40.3 Å². The molecule has 0 spiro atoms. The second-order valence-corrected chi connectivity index (χ2v) is 9.91. The number of carbonyl (C=O) groups excluding carboxylic acids is 1. The van der Waals surface area contributed by atoms with E-state index in [2.05, 4.69) is 11.9 Å². The standard InChI is InChI=1S/C28H28N2O5S/c1-4-18-30-23-13-9-8-12-22(23)26(21-10-6-5-7-11-21)27(36(30,32)33)28(31)29-17-16-20-14-15-24(34-2)25(19-20)35-3/h4-15,19H,1,16-18H2,2-3H3,(H,29,31). The van der Waals surface area contributed by atoms with E-state index >= 15 is 0 Å². The van der Waals surface area contributed by atoms with Crippen LogP contribution < -0.4 is 19.1 Å². The third kappa shape index (κ3) is 4.72. The van der Waals surface area contributed by atoms with E-state index in [1.807, 2.05) is 54.6 Å². The van der Waals surface area contributed by atoms with Crippen LogP contribution in [0.25, 0.3) is 5.57 Å². The van der Waals surface area contributed by atoms with E-state index in [4.69, 9.17) is 9.47 Å². The number of benzene rings is 3. The zero-order chi connectivity index (χ0) is 25.7. The molecule has 0 saturated carbocycles. The summed E-state index contributed by atoms with van der Waals surface area (Å²) in [7, 11) is -1.04. The summed E-state index contributed by atoms with van der Waals surface area (Å²) < 4.78 is 39.5. The molecule has 0 aromatic heterocycles. The van der Waals surface area contributed by atoms with Crippen molar-refractivity contribution in [3.8, 4) is 11.5 Å². The van der Waals surface area contributed by atoms with Crippen LogP contribution in [-0.2, 0) is 21.2 Å². The van der Waals surface area contributed by atoms with Crippen molar-refractivity contribution in [2.45, 2.75) is 6.42 Å². The van der Waals surface area contributed by atoms with Crippen molar-refractivity contribution in [2.24, 2.45) is 0 Å². The SMILES string of the molecule is C=CCN1c2ccccc2C(c2ccccc2)=C(C(=O)NCCc2ccc(OC)c(OC)c2)S1(=O)=O. The quantitative estimate of drug-likeness (QED) is 0.443. The molecule has 8 heteroatoms. The maximum Gasteiger partial charge on any atom is 0.270 e. The second kappa shape index (κ2) is 10.7. The van der Waals surface area contributed by atoms with Gasteiger partial charge < -0.3 is 14.8 Å². The largest absolute Gasteiger partial charge is 0.493 e. The van der Waals surface area contributed by atoms with Gasteiger partial charge in [-0.15, -0.1) is 6.58 Å². The van der Waals surface area contributed by atoms with Crippen molar-refractivity contribution in [1.29, 1.82) is 0 Å². The Labute approximate surface area is 211 Å². The first-order valence-corrected chi connectivity index (χ1v) is 12.9. The fourth-order valence-corrected chi connectivity index (χ4v) is 6.00. The molecule has 0 saturated heterocycles. The summed E-state index contributed by atoms with van der Waals surface area (Å²) in [6.07, 6.45) is 1.99. The lowest BCUT2D eigenvalue weighted by Crippen LogP contribution is -2.42. The van der Waals surface area contributed by atoms with Crippen molar-refractivity contribution < 1.29 is 22.7 Å². The molecule has 3 aromatic carbocycles. The minimum atomic E-state index is -4.16. The Morgan fingerprint density at radius 1 is 0.972 bits per heavy atom. The Kier molecular flexibility index (Phi) is 7.45. The first-order chi connectivity index (χ1) is 17.4. The van der Waals surface area contributed by atoms with Crippen LogP contribution in [0.5, 0.6) is 11.5 Å². The maximum absolute atomic E-state index is 13.8. The number of sulfonamides is 1. The molecule has 1 N–H and O–H groups in total. The van der Waals surface area contributed by atoms with Crippen LogP contribution >= 0.6 is 0 Å². The topological polar surface area (TPSA) is 84.9 Å². The highest BCUT2D eigenvalue weighted by Gasteiger charge is 2.40. The molecule has 186 valence electrons. The number of anilines is 1. The van der Waals surface area contributed by atoms with Gasteiger partial charge in [0.05, 0.1) is 26.5 Å². The highest BCUT2D eigenvalue weighted by Crippen LogP contribution is 2.42. The van der Waals surface area contributed by atoms with Gasteiger partial charge in [0.15, 0.2) is 16.4 Å². The number of hydrogen-bond acceptors (Lipinski definition) is 5. The molecule has 0 unspecified atom stereocenters. The van der Waals surface area contributed by atoms with Gasteiger partial charge in [-0.1, -0.05) is 60.7 Å². The summed E-state index contributed by atoms with van der Waals surface area (Å²) in [6.45, 7) is 3.99. The van der Waals surface area contributed by atoms with Gasteiger partial charge in [-0.05, 0) is 35.7 Å². The average molecular weight is 505 g/mol. The van der Waals surface area contributed by atoms with Crippen molar-refractivity contribution in [3.63, 3.8) is 0 Å². The van der Waals surface area contributed by atoms with Crippen LogP contribution in [0, 0.1) is 0 Å². The minimum absolute atomic E-state index is 0.0455. The van der Waals surface area contributed by atoms with E-state index < -0.39 is 15.9 Å². The first kappa shape index (κ1) is 25.1. The number of carbonyl (C=O) groups is 1. The van der Waals surface area contributed by atoms with Crippen LogP contribution in [0.3, 0.4) is 0 Å². The van der Waals surface area contributed by atoms with E-state index in [1.54, 1.807) is 32.4 Å². The molecule has 36 heavy (non-hydrogen) atoms. The fourth-order valence-electron chi connectivity index (χ4n) is 4.27. The zero-order valence-electron chi connectivity index (χ0n) is 20.2. The third-order valence-electron chi connectivity index (χ3n) is 5.93. The van der Waals surface area contributed by atoms with Gasteiger partial charge in [0.25, 0.3) is 15.9 Å². The number of ether oxygens (including phenoxy) is 2. The van der Waals surface area contributed by atoms with Crippen molar-refractivity contribution in [3.05, 3.63) is 107 Å². The lowest BCUT2D eigenvalue weighted by molar-refractivity contribution is -0.116. The average Bonchev–Trinajstić information content (AvgIpc) is 2.90. The Morgan fingerprint density at radius 3 is 2.36 bits per heavy atom. The number of para-hydroxylation sites is 1. The van der Waals surface area contributed by atoms with Gasteiger partial charge in [-0.3, -0.25) is 9.10 Å².